The number of hydrogen-bond acceptors (Lipinski definition) is 4. The number of hydrazone groups is 1. The number of carbonyl (C=O) groups excluding carboxylic acids is 2. The zero-order valence-corrected chi connectivity index (χ0v) is 16.8. The molecular formula is C24H22FN3O3. The van der Waals surface area contributed by atoms with E-state index in [0.717, 1.165) is 16.7 Å². The molecule has 0 spiro atoms. The smallest absolute Gasteiger partial charge is 0.329 e. The molecule has 0 unspecified atom stereocenters. The molecule has 0 fully saturated rings. The lowest BCUT2D eigenvalue weighted by molar-refractivity contribution is -0.139. The molecule has 7 heteroatoms. The van der Waals surface area contributed by atoms with Crippen molar-refractivity contribution in [3.63, 3.8) is 0 Å². The van der Waals surface area contributed by atoms with E-state index in [1.807, 2.05) is 30.3 Å². The summed E-state index contributed by atoms with van der Waals surface area (Å²) in [6.07, 6.45) is 2.07. The third-order valence-electron chi connectivity index (χ3n) is 4.33. The van der Waals surface area contributed by atoms with Crippen molar-refractivity contribution < 1.29 is 18.7 Å². The molecule has 0 aliphatic carbocycles. The van der Waals surface area contributed by atoms with Crippen molar-refractivity contribution >= 4 is 18.0 Å². The van der Waals surface area contributed by atoms with E-state index in [1.54, 1.807) is 36.4 Å². The van der Waals surface area contributed by atoms with Crippen LogP contribution in [0.4, 0.5) is 4.39 Å². The fourth-order valence-corrected chi connectivity index (χ4v) is 2.66. The molecule has 3 aromatic carbocycles. The van der Waals surface area contributed by atoms with Gasteiger partial charge in [0, 0.05) is 6.54 Å². The highest BCUT2D eigenvalue weighted by Gasteiger charge is 2.11. The summed E-state index contributed by atoms with van der Waals surface area (Å²) in [7, 11) is 0. The van der Waals surface area contributed by atoms with Crippen LogP contribution in [0.5, 0.6) is 5.75 Å². The number of amides is 2. The van der Waals surface area contributed by atoms with Gasteiger partial charge < -0.3 is 10.1 Å². The first kappa shape index (κ1) is 21.7. The molecule has 0 aliphatic rings. The van der Waals surface area contributed by atoms with E-state index in [4.69, 9.17) is 4.74 Å². The van der Waals surface area contributed by atoms with E-state index < -0.39 is 11.8 Å². The van der Waals surface area contributed by atoms with Crippen LogP contribution in [-0.4, -0.2) is 24.6 Å². The molecule has 0 heterocycles. The molecule has 0 saturated heterocycles. The van der Waals surface area contributed by atoms with Gasteiger partial charge in [-0.05, 0) is 59.5 Å². The van der Waals surface area contributed by atoms with Crippen LogP contribution in [0.25, 0.3) is 0 Å². The quantitative estimate of drug-likeness (QED) is 0.334. The minimum Gasteiger partial charge on any atom is -0.489 e. The lowest BCUT2D eigenvalue weighted by Crippen LogP contribution is -2.38. The second-order valence-electron chi connectivity index (χ2n) is 6.67. The molecule has 0 atom stereocenters. The van der Waals surface area contributed by atoms with Crippen molar-refractivity contribution in [1.82, 2.24) is 10.7 Å². The lowest BCUT2D eigenvalue weighted by Gasteiger charge is -2.06. The van der Waals surface area contributed by atoms with Gasteiger partial charge in [-0.3, -0.25) is 9.59 Å². The van der Waals surface area contributed by atoms with Gasteiger partial charge >= 0.3 is 11.8 Å². The first-order valence-electron chi connectivity index (χ1n) is 9.72. The Labute approximate surface area is 179 Å². The Kier molecular flexibility index (Phi) is 7.88. The van der Waals surface area contributed by atoms with Crippen LogP contribution >= 0.6 is 0 Å². The number of nitrogens with one attached hydrogen (secondary N) is 2. The van der Waals surface area contributed by atoms with Gasteiger partial charge in [-0.2, -0.15) is 5.10 Å². The van der Waals surface area contributed by atoms with Gasteiger partial charge in [0.2, 0.25) is 0 Å². The Balaban J connectivity index is 1.38. The zero-order chi connectivity index (χ0) is 21.9. The number of rotatable bonds is 8. The average Bonchev–Trinajstić information content (AvgIpc) is 2.80. The highest BCUT2D eigenvalue weighted by Crippen LogP contribution is 2.14. The molecule has 3 rings (SSSR count). The van der Waals surface area contributed by atoms with Gasteiger partial charge in [-0.25, -0.2) is 9.82 Å². The van der Waals surface area contributed by atoms with Crippen LogP contribution in [-0.2, 0) is 22.6 Å². The standard InChI is InChI=1S/C24H22FN3O3/c25-21-10-6-20(7-11-21)17-31-22-12-8-19(9-13-22)16-27-28-24(30)23(29)26-15-14-18-4-2-1-3-5-18/h1-13,16H,14-15,17H2,(H,26,29)(H,28,30)/b27-16-. The fraction of sp³-hybridized carbons (Fsp3) is 0.125. The minimum atomic E-state index is -0.830. The van der Waals surface area contributed by atoms with Crippen molar-refractivity contribution in [2.75, 3.05) is 6.54 Å². The van der Waals surface area contributed by atoms with E-state index in [2.05, 4.69) is 15.8 Å². The first-order chi connectivity index (χ1) is 15.1. The van der Waals surface area contributed by atoms with Gasteiger partial charge in [-0.15, -0.1) is 0 Å². The summed E-state index contributed by atoms with van der Waals surface area (Å²) in [6.45, 7) is 0.683. The summed E-state index contributed by atoms with van der Waals surface area (Å²) in [4.78, 5) is 23.6. The molecule has 2 N–H and O–H groups in total. The van der Waals surface area contributed by atoms with Crippen LogP contribution in [0.1, 0.15) is 16.7 Å². The highest BCUT2D eigenvalue weighted by molar-refractivity contribution is 6.35. The third kappa shape index (κ3) is 7.40. The Morgan fingerprint density at radius 3 is 2.29 bits per heavy atom. The molecule has 3 aromatic rings. The van der Waals surface area contributed by atoms with E-state index in [-0.39, 0.29) is 5.82 Å². The molecule has 0 bridgehead atoms. The molecule has 6 nitrogen and oxygen atoms in total. The van der Waals surface area contributed by atoms with Crippen molar-refractivity contribution in [2.24, 2.45) is 5.10 Å². The van der Waals surface area contributed by atoms with Gasteiger partial charge in [0.1, 0.15) is 18.2 Å². The van der Waals surface area contributed by atoms with E-state index in [1.165, 1.54) is 18.3 Å². The largest absolute Gasteiger partial charge is 0.489 e. The van der Waals surface area contributed by atoms with E-state index in [0.29, 0.717) is 25.3 Å². The molecule has 31 heavy (non-hydrogen) atoms. The summed E-state index contributed by atoms with van der Waals surface area (Å²) in [6, 6.07) is 22.8. The maximum atomic E-state index is 12.9. The van der Waals surface area contributed by atoms with Crippen LogP contribution in [0.3, 0.4) is 0 Å². The van der Waals surface area contributed by atoms with Crippen molar-refractivity contribution in [3.05, 3.63) is 101 Å². The fourth-order valence-electron chi connectivity index (χ4n) is 2.66. The number of benzene rings is 3. The van der Waals surface area contributed by atoms with Gasteiger partial charge in [0.25, 0.3) is 0 Å². The van der Waals surface area contributed by atoms with Crippen LogP contribution < -0.4 is 15.5 Å². The summed E-state index contributed by atoms with van der Waals surface area (Å²) in [5.41, 5.74) is 4.86. The van der Waals surface area contributed by atoms with Gasteiger partial charge in [0.05, 0.1) is 6.21 Å². The Morgan fingerprint density at radius 2 is 1.58 bits per heavy atom. The zero-order valence-electron chi connectivity index (χ0n) is 16.8. The van der Waals surface area contributed by atoms with Crippen LogP contribution in [0, 0.1) is 5.82 Å². The number of ether oxygens (including phenoxy) is 1. The Bertz CT molecular complexity index is 1020. The lowest BCUT2D eigenvalue weighted by atomic mass is 10.1. The topological polar surface area (TPSA) is 79.8 Å². The molecule has 2 amide bonds. The highest BCUT2D eigenvalue weighted by atomic mass is 19.1. The molecular weight excluding hydrogens is 397 g/mol. The Hall–Kier alpha value is -4.00. The molecule has 158 valence electrons. The predicted octanol–water partition coefficient (Wildman–Crippen LogP) is 3.21. The van der Waals surface area contributed by atoms with E-state index in [9.17, 15) is 14.0 Å². The molecule has 0 aliphatic heterocycles. The number of hydrogen-bond donors (Lipinski definition) is 2. The molecule has 0 aromatic heterocycles. The maximum Gasteiger partial charge on any atom is 0.329 e. The first-order valence-corrected chi connectivity index (χ1v) is 9.72. The van der Waals surface area contributed by atoms with Crippen molar-refractivity contribution in [1.29, 1.82) is 0 Å². The average molecular weight is 419 g/mol. The number of carbonyl (C=O) groups is 2. The van der Waals surface area contributed by atoms with Crippen LogP contribution in [0.15, 0.2) is 84.0 Å². The predicted molar refractivity (Wildman–Crippen MR) is 116 cm³/mol. The maximum absolute atomic E-state index is 12.9. The minimum absolute atomic E-state index is 0.288. The number of halogens is 1. The molecule has 0 saturated carbocycles. The SMILES string of the molecule is O=C(NCCc1ccccc1)C(=O)N/N=C\c1ccc(OCc2ccc(F)cc2)cc1. The monoisotopic (exact) mass is 419 g/mol. The summed E-state index contributed by atoms with van der Waals surface area (Å²) < 4.78 is 18.5. The van der Waals surface area contributed by atoms with E-state index >= 15 is 0 Å². The number of nitrogens with zero attached hydrogens (tertiary/aromatic N) is 1. The van der Waals surface area contributed by atoms with Crippen molar-refractivity contribution in [2.45, 2.75) is 13.0 Å². The van der Waals surface area contributed by atoms with Gasteiger partial charge in [0.15, 0.2) is 0 Å². The normalized spacial score (nSPS) is 10.6. The van der Waals surface area contributed by atoms with Gasteiger partial charge in [-0.1, -0.05) is 42.5 Å². The second kappa shape index (κ2) is 11.3. The summed E-state index contributed by atoms with van der Waals surface area (Å²) in [5.74, 6) is -1.21. The molecule has 0 radical (unpaired) electrons. The second-order valence-corrected chi connectivity index (χ2v) is 6.67. The Morgan fingerprint density at radius 1 is 0.871 bits per heavy atom. The third-order valence-corrected chi connectivity index (χ3v) is 4.33. The van der Waals surface area contributed by atoms with Crippen molar-refractivity contribution in [3.8, 4) is 5.75 Å². The summed E-state index contributed by atoms with van der Waals surface area (Å²) in [5, 5.41) is 6.35. The summed E-state index contributed by atoms with van der Waals surface area (Å²) >= 11 is 0. The van der Waals surface area contributed by atoms with Crippen LogP contribution in [0.2, 0.25) is 0 Å².